The van der Waals surface area contributed by atoms with Gasteiger partial charge in [0.1, 0.15) is 23.8 Å². The Hall–Kier alpha value is -2.13. The summed E-state index contributed by atoms with van der Waals surface area (Å²) in [6, 6.07) is 13.6. The van der Waals surface area contributed by atoms with E-state index >= 15 is 0 Å². The van der Waals surface area contributed by atoms with E-state index < -0.39 is 0 Å². The minimum Gasteiger partial charge on any atom is -0.496 e. The van der Waals surface area contributed by atoms with Gasteiger partial charge in [-0.25, -0.2) is 0 Å². The molecule has 5 nitrogen and oxygen atoms in total. The van der Waals surface area contributed by atoms with Crippen LogP contribution in [0, 0.1) is 9.49 Å². The molecule has 0 atom stereocenters. The van der Waals surface area contributed by atoms with Crippen molar-refractivity contribution in [2.24, 2.45) is 5.92 Å². The summed E-state index contributed by atoms with van der Waals surface area (Å²) in [4.78, 5) is 14.3. The van der Waals surface area contributed by atoms with Crippen LogP contribution < -0.4 is 14.8 Å². The molecule has 1 aliphatic heterocycles. The molecule has 0 bridgehead atoms. The highest BCUT2D eigenvalue weighted by atomic mass is 127. The van der Waals surface area contributed by atoms with E-state index in [9.17, 15) is 4.79 Å². The van der Waals surface area contributed by atoms with Gasteiger partial charge in [0.15, 0.2) is 5.11 Å². The van der Waals surface area contributed by atoms with Crippen molar-refractivity contribution in [2.75, 3.05) is 13.7 Å². The van der Waals surface area contributed by atoms with Crippen LogP contribution in [0.25, 0.3) is 6.08 Å². The van der Waals surface area contributed by atoms with Gasteiger partial charge in [-0.2, -0.15) is 0 Å². The molecule has 2 aromatic rings. The molecule has 3 rings (SSSR count). The predicted molar refractivity (Wildman–Crippen MR) is 127 cm³/mol. The first-order chi connectivity index (χ1) is 13.9. The second kappa shape index (κ2) is 9.58. The number of methoxy groups -OCH3 is 1. The molecule has 1 fully saturated rings. The molecule has 0 unspecified atom stereocenters. The van der Waals surface area contributed by atoms with Gasteiger partial charge in [0, 0.05) is 15.7 Å². The molecule has 29 heavy (non-hydrogen) atoms. The molecular weight excluding hydrogens is 499 g/mol. The normalized spacial score (nSPS) is 15.2. The Morgan fingerprint density at radius 2 is 1.93 bits per heavy atom. The van der Waals surface area contributed by atoms with Gasteiger partial charge in [0.25, 0.3) is 5.91 Å². The monoisotopic (exact) mass is 522 g/mol. The maximum absolute atomic E-state index is 12.7. The zero-order valence-electron chi connectivity index (χ0n) is 16.6. The summed E-state index contributed by atoms with van der Waals surface area (Å²) in [7, 11) is 1.63. The Balaban J connectivity index is 1.79. The summed E-state index contributed by atoms with van der Waals surface area (Å²) >= 11 is 7.57. The number of rotatable bonds is 7. The number of benzene rings is 2. The average Bonchev–Trinajstić information content (AvgIpc) is 2.94. The third kappa shape index (κ3) is 5.48. The van der Waals surface area contributed by atoms with Gasteiger partial charge in [-0.3, -0.25) is 9.69 Å². The molecule has 1 N–H and O–H groups in total. The van der Waals surface area contributed by atoms with Crippen molar-refractivity contribution in [3.8, 4) is 11.5 Å². The van der Waals surface area contributed by atoms with Crippen LogP contribution in [0.3, 0.4) is 0 Å². The Labute approximate surface area is 190 Å². The second-order valence-corrected chi connectivity index (χ2v) is 8.74. The van der Waals surface area contributed by atoms with E-state index in [0.29, 0.717) is 29.9 Å². The molecule has 0 radical (unpaired) electrons. The van der Waals surface area contributed by atoms with Crippen LogP contribution in [0.15, 0.2) is 48.2 Å². The topological polar surface area (TPSA) is 50.8 Å². The molecule has 1 saturated heterocycles. The summed E-state index contributed by atoms with van der Waals surface area (Å²) < 4.78 is 12.5. The minimum absolute atomic E-state index is 0.101. The number of thiocarbonyl (C=S) groups is 1. The van der Waals surface area contributed by atoms with E-state index in [-0.39, 0.29) is 5.91 Å². The highest BCUT2D eigenvalue weighted by Crippen LogP contribution is 2.24. The zero-order chi connectivity index (χ0) is 21.0. The molecule has 1 amide bonds. The summed E-state index contributed by atoms with van der Waals surface area (Å²) in [5.41, 5.74) is 2.25. The molecule has 152 valence electrons. The largest absolute Gasteiger partial charge is 0.496 e. The lowest BCUT2D eigenvalue weighted by Gasteiger charge is -2.16. The fraction of sp³-hybridized carbons (Fsp3) is 0.273. The molecule has 2 aromatic carbocycles. The van der Waals surface area contributed by atoms with Crippen LogP contribution >= 0.6 is 34.8 Å². The van der Waals surface area contributed by atoms with Gasteiger partial charge in [-0.05, 0) is 88.8 Å². The SMILES string of the molecule is COc1ccc(/C=C2/NC(=S)N(CC(C)C)C2=O)cc1COc1ccc(I)cc1. The lowest BCUT2D eigenvalue weighted by Crippen LogP contribution is -2.33. The first-order valence-electron chi connectivity index (χ1n) is 9.27. The van der Waals surface area contributed by atoms with E-state index in [1.165, 1.54) is 0 Å². The smallest absolute Gasteiger partial charge is 0.276 e. The third-order valence-electron chi connectivity index (χ3n) is 4.33. The number of halogens is 1. The highest BCUT2D eigenvalue weighted by molar-refractivity contribution is 14.1. The molecule has 0 saturated carbocycles. The summed E-state index contributed by atoms with van der Waals surface area (Å²) in [6.45, 7) is 5.07. The van der Waals surface area contributed by atoms with Crippen molar-refractivity contribution in [3.05, 3.63) is 62.9 Å². The Morgan fingerprint density at radius 1 is 1.21 bits per heavy atom. The quantitative estimate of drug-likeness (QED) is 0.328. The zero-order valence-corrected chi connectivity index (χ0v) is 19.5. The third-order valence-corrected chi connectivity index (χ3v) is 5.38. The number of hydrogen-bond acceptors (Lipinski definition) is 4. The maximum atomic E-state index is 12.7. The van der Waals surface area contributed by atoms with E-state index in [2.05, 4.69) is 41.8 Å². The summed E-state index contributed by atoms with van der Waals surface area (Å²) in [5.74, 6) is 1.76. The van der Waals surface area contributed by atoms with Gasteiger partial charge in [0.05, 0.1) is 7.11 Å². The number of carbonyl (C=O) groups excluding carboxylic acids is 1. The molecular formula is C22H23IN2O3S. The number of amides is 1. The predicted octanol–water partition coefficient (Wildman–Crippen LogP) is 4.59. The van der Waals surface area contributed by atoms with Crippen molar-refractivity contribution in [2.45, 2.75) is 20.5 Å². The number of nitrogens with one attached hydrogen (secondary N) is 1. The maximum Gasteiger partial charge on any atom is 0.276 e. The molecule has 0 spiro atoms. The molecule has 1 heterocycles. The number of ether oxygens (including phenoxy) is 2. The van der Waals surface area contributed by atoms with Gasteiger partial charge in [-0.1, -0.05) is 19.9 Å². The highest BCUT2D eigenvalue weighted by Gasteiger charge is 2.30. The molecule has 7 heteroatoms. The van der Waals surface area contributed by atoms with Gasteiger partial charge < -0.3 is 14.8 Å². The number of nitrogens with zero attached hydrogens (tertiary/aromatic N) is 1. The van der Waals surface area contributed by atoms with E-state index in [0.717, 1.165) is 26.2 Å². The van der Waals surface area contributed by atoms with E-state index in [1.54, 1.807) is 12.0 Å². The molecule has 1 aliphatic rings. The lowest BCUT2D eigenvalue weighted by molar-refractivity contribution is -0.122. The van der Waals surface area contributed by atoms with Crippen molar-refractivity contribution >= 4 is 51.9 Å². The Kier molecular flexibility index (Phi) is 7.13. The van der Waals surface area contributed by atoms with Gasteiger partial charge in [0.2, 0.25) is 0 Å². The fourth-order valence-corrected chi connectivity index (χ4v) is 3.59. The van der Waals surface area contributed by atoms with Crippen molar-refractivity contribution in [1.82, 2.24) is 10.2 Å². The Bertz CT molecular complexity index is 942. The van der Waals surface area contributed by atoms with Crippen LogP contribution in [0.5, 0.6) is 11.5 Å². The second-order valence-electron chi connectivity index (χ2n) is 7.11. The molecule has 0 aliphatic carbocycles. The van der Waals surface area contributed by atoms with Crippen LogP contribution in [-0.4, -0.2) is 29.6 Å². The standard InChI is InChI=1S/C22H23IN2O3S/c1-14(2)12-25-21(26)19(24-22(25)29)11-15-4-9-20(27-3)16(10-15)13-28-18-7-5-17(23)6-8-18/h4-11,14H,12-13H2,1-3H3,(H,24,29)/b19-11+. The van der Waals surface area contributed by atoms with Gasteiger partial charge >= 0.3 is 0 Å². The van der Waals surface area contributed by atoms with Crippen LogP contribution in [-0.2, 0) is 11.4 Å². The van der Waals surface area contributed by atoms with Gasteiger partial charge in [-0.15, -0.1) is 0 Å². The minimum atomic E-state index is -0.101. The van der Waals surface area contributed by atoms with Crippen molar-refractivity contribution in [3.63, 3.8) is 0 Å². The van der Waals surface area contributed by atoms with Crippen LogP contribution in [0.1, 0.15) is 25.0 Å². The van der Waals surface area contributed by atoms with Crippen LogP contribution in [0.2, 0.25) is 0 Å². The van der Waals surface area contributed by atoms with Crippen molar-refractivity contribution < 1.29 is 14.3 Å². The molecule has 0 aromatic heterocycles. The number of hydrogen-bond donors (Lipinski definition) is 1. The van der Waals surface area contributed by atoms with Crippen LogP contribution in [0.4, 0.5) is 0 Å². The lowest BCUT2D eigenvalue weighted by atomic mass is 10.1. The summed E-state index contributed by atoms with van der Waals surface area (Å²) in [6.07, 6.45) is 1.81. The average molecular weight is 522 g/mol. The fourth-order valence-electron chi connectivity index (χ4n) is 2.96. The van der Waals surface area contributed by atoms with E-state index in [1.807, 2.05) is 48.5 Å². The first kappa shape index (κ1) is 21.6. The summed E-state index contributed by atoms with van der Waals surface area (Å²) in [5, 5.41) is 3.47. The number of carbonyl (C=O) groups is 1. The van der Waals surface area contributed by atoms with E-state index in [4.69, 9.17) is 21.7 Å². The Morgan fingerprint density at radius 3 is 2.59 bits per heavy atom. The van der Waals surface area contributed by atoms with Crippen molar-refractivity contribution in [1.29, 1.82) is 0 Å². The first-order valence-corrected chi connectivity index (χ1v) is 10.8.